The van der Waals surface area contributed by atoms with Crippen LogP contribution in [0.15, 0.2) is 12.1 Å². The van der Waals surface area contributed by atoms with Crippen molar-refractivity contribution in [2.45, 2.75) is 12.7 Å². The maximum Gasteiger partial charge on any atom is 0.137 e. The van der Waals surface area contributed by atoms with Crippen LogP contribution in [0.2, 0.25) is 5.02 Å². The summed E-state index contributed by atoms with van der Waals surface area (Å²) in [7, 11) is 1.61. The summed E-state index contributed by atoms with van der Waals surface area (Å²) >= 11 is 10.1. The second-order valence-electron chi connectivity index (χ2n) is 2.57. The standard InChI is InChI=1S/C9H11ClOS/c1-6-3-9(11-2)8(10)4-7(6)5-12/h3-4,12H,5H2,1-2H3. The highest BCUT2D eigenvalue weighted by molar-refractivity contribution is 7.79. The van der Waals surface area contributed by atoms with Crippen LogP contribution < -0.4 is 4.74 Å². The van der Waals surface area contributed by atoms with Crippen LogP contribution in [-0.2, 0) is 5.75 Å². The fraction of sp³-hybridized carbons (Fsp3) is 0.333. The van der Waals surface area contributed by atoms with Gasteiger partial charge >= 0.3 is 0 Å². The lowest BCUT2D eigenvalue weighted by molar-refractivity contribution is 0.414. The van der Waals surface area contributed by atoms with Crippen molar-refractivity contribution in [2.75, 3.05) is 7.11 Å². The summed E-state index contributed by atoms with van der Waals surface area (Å²) < 4.78 is 5.07. The Morgan fingerprint density at radius 3 is 2.67 bits per heavy atom. The first-order chi connectivity index (χ1) is 5.69. The average molecular weight is 203 g/mol. The molecule has 0 saturated carbocycles. The summed E-state index contributed by atoms with van der Waals surface area (Å²) in [4.78, 5) is 0. The van der Waals surface area contributed by atoms with Gasteiger partial charge in [0.2, 0.25) is 0 Å². The van der Waals surface area contributed by atoms with E-state index >= 15 is 0 Å². The van der Waals surface area contributed by atoms with Crippen LogP contribution in [0.1, 0.15) is 11.1 Å². The fourth-order valence-corrected chi connectivity index (χ4v) is 1.63. The SMILES string of the molecule is COc1cc(C)c(CS)cc1Cl. The number of ether oxygens (including phenoxy) is 1. The quantitative estimate of drug-likeness (QED) is 0.726. The molecule has 0 saturated heterocycles. The number of thiol groups is 1. The molecule has 3 heteroatoms. The molecule has 1 aromatic rings. The summed E-state index contributed by atoms with van der Waals surface area (Å²) in [5, 5.41) is 0.646. The molecule has 0 radical (unpaired) electrons. The maximum absolute atomic E-state index is 5.92. The van der Waals surface area contributed by atoms with Crippen LogP contribution in [-0.4, -0.2) is 7.11 Å². The molecule has 0 aliphatic carbocycles. The van der Waals surface area contributed by atoms with Gasteiger partial charge in [0, 0.05) is 5.75 Å². The van der Waals surface area contributed by atoms with Crippen molar-refractivity contribution in [3.05, 3.63) is 28.3 Å². The van der Waals surface area contributed by atoms with Gasteiger partial charge in [-0.25, -0.2) is 0 Å². The summed E-state index contributed by atoms with van der Waals surface area (Å²) in [5.74, 6) is 1.43. The van der Waals surface area contributed by atoms with Gasteiger partial charge in [0.1, 0.15) is 5.75 Å². The lowest BCUT2D eigenvalue weighted by atomic mass is 10.1. The topological polar surface area (TPSA) is 9.23 Å². The van der Waals surface area contributed by atoms with Crippen LogP contribution in [0.25, 0.3) is 0 Å². The Balaban J connectivity index is 3.16. The van der Waals surface area contributed by atoms with Crippen LogP contribution >= 0.6 is 24.2 Å². The minimum atomic E-state index is 0.646. The minimum absolute atomic E-state index is 0.646. The number of methoxy groups -OCH3 is 1. The summed E-state index contributed by atoms with van der Waals surface area (Å²) in [6.07, 6.45) is 0. The fourth-order valence-electron chi connectivity index (χ4n) is 1.02. The Hall–Kier alpha value is -0.340. The second-order valence-corrected chi connectivity index (χ2v) is 3.29. The van der Waals surface area contributed by atoms with E-state index in [0.29, 0.717) is 10.8 Å². The molecule has 0 spiro atoms. The van der Waals surface area contributed by atoms with Gasteiger partial charge in [-0.05, 0) is 30.2 Å². The number of halogens is 1. The number of hydrogen-bond acceptors (Lipinski definition) is 2. The molecule has 1 rings (SSSR count). The normalized spacial score (nSPS) is 10.0. The third-order valence-electron chi connectivity index (χ3n) is 1.78. The van der Waals surface area contributed by atoms with Crippen LogP contribution in [0.5, 0.6) is 5.75 Å². The lowest BCUT2D eigenvalue weighted by Gasteiger charge is -2.07. The first-order valence-corrected chi connectivity index (χ1v) is 4.64. The van der Waals surface area contributed by atoms with Crippen molar-refractivity contribution in [3.8, 4) is 5.75 Å². The Morgan fingerprint density at radius 1 is 1.50 bits per heavy atom. The molecule has 0 aliphatic rings. The van der Waals surface area contributed by atoms with E-state index in [1.54, 1.807) is 7.11 Å². The molecule has 0 amide bonds. The van der Waals surface area contributed by atoms with Gasteiger partial charge in [0.25, 0.3) is 0 Å². The highest BCUT2D eigenvalue weighted by Crippen LogP contribution is 2.28. The number of hydrogen-bond donors (Lipinski definition) is 1. The van der Waals surface area contributed by atoms with Crippen molar-refractivity contribution in [1.82, 2.24) is 0 Å². The van der Waals surface area contributed by atoms with Gasteiger partial charge in [0.05, 0.1) is 12.1 Å². The molecular formula is C9H11ClOS. The molecule has 1 aromatic carbocycles. The Kier molecular flexibility index (Phi) is 3.29. The van der Waals surface area contributed by atoms with E-state index in [1.165, 1.54) is 0 Å². The third-order valence-corrected chi connectivity index (χ3v) is 2.42. The highest BCUT2D eigenvalue weighted by atomic mass is 35.5. The molecule has 0 bridgehead atoms. The minimum Gasteiger partial charge on any atom is -0.495 e. The first kappa shape index (κ1) is 9.75. The van der Waals surface area contributed by atoms with E-state index in [0.717, 1.165) is 16.9 Å². The van der Waals surface area contributed by atoms with Gasteiger partial charge in [0.15, 0.2) is 0 Å². The molecular weight excluding hydrogens is 192 g/mol. The second kappa shape index (κ2) is 4.06. The van der Waals surface area contributed by atoms with E-state index in [1.807, 2.05) is 19.1 Å². The van der Waals surface area contributed by atoms with Crippen molar-refractivity contribution in [3.63, 3.8) is 0 Å². The van der Waals surface area contributed by atoms with Gasteiger partial charge in [-0.1, -0.05) is 11.6 Å². The predicted octanol–water partition coefficient (Wildman–Crippen LogP) is 3.09. The lowest BCUT2D eigenvalue weighted by Crippen LogP contribution is -1.89. The Labute approximate surface area is 83.1 Å². The van der Waals surface area contributed by atoms with E-state index in [2.05, 4.69) is 12.6 Å². The number of benzene rings is 1. The third kappa shape index (κ3) is 1.87. The zero-order chi connectivity index (χ0) is 9.14. The van der Waals surface area contributed by atoms with Gasteiger partial charge in [-0.15, -0.1) is 0 Å². The molecule has 0 heterocycles. The molecule has 0 atom stereocenters. The van der Waals surface area contributed by atoms with Crippen molar-refractivity contribution < 1.29 is 4.74 Å². The van der Waals surface area contributed by atoms with Crippen LogP contribution in [0.4, 0.5) is 0 Å². The summed E-state index contributed by atoms with van der Waals surface area (Å²) in [6.45, 7) is 2.02. The average Bonchev–Trinajstić information content (AvgIpc) is 2.08. The summed E-state index contributed by atoms with van der Waals surface area (Å²) in [6, 6.07) is 3.82. The highest BCUT2D eigenvalue weighted by Gasteiger charge is 2.04. The van der Waals surface area contributed by atoms with E-state index in [-0.39, 0.29) is 0 Å². The zero-order valence-electron chi connectivity index (χ0n) is 7.10. The van der Waals surface area contributed by atoms with E-state index in [4.69, 9.17) is 16.3 Å². The molecule has 0 fully saturated rings. The van der Waals surface area contributed by atoms with Crippen LogP contribution in [0.3, 0.4) is 0 Å². The zero-order valence-corrected chi connectivity index (χ0v) is 8.75. The van der Waals surface area contributed by atoms with E-state index in [9.17, 15) is 0 Å². The smallest absolute Gasteiger partial charge is 0.137 e. The van der Waals surface area contributed by atoms with Gasteiger partial charge < -0.3 is 4.74 Å². The van der Waals surface area contributed by atoms with Crippen molar-refractivity contribution in [1.29, 1.82) is 0 Å². The van der Waals surface area contributed by atoms with E-state index < -0.39 is 0 Å². The van der Waals surface area contributed by atoms with Crippen molar-refractivity contribution in [2.24, 2.45) is 0 Å². The maximum atomic E-state index is 5.92. The molecule has 66 valence electrons. The largest absolute Gasteiger partial charge is 0.495 e. The molecule has 12 heavy (non-hydrogen) atoms. The number of aryl methyl sites for hydroxylation is 1. The molecule has 0 aliphatic heterocycles. The van der Waals surface area contributed by atoms with Gasteiger partial charge in [-0.3, -0.25) is 0 Å². The molecule has 0 unspecified atom stereocenters. The molecule has 1 nitrogen and oxygen atoms in total. The Morgan fingerprint density at radius 2 is 2.17 bits per heavy atom. The van der Waals surface area contributed by atoms with Crippen LogP contribution in [0, 0.1) is 6.92 Å². The predicted molar refractivity (Wildman–Crippen MR) is 55.4 cm³/mol. The Bertz CT molecular complexity index is 256. The number of rotatable bonds is 2. The first-order valence-electron chi connectivity index (χ1n) is 3.63. The summed E-state index contributed by atoms with van der Waals surface area (Å²) in [5.41, 5.74) is 2.30. The van der Waals surface area contributed by atoms with Gasteiger partial charge in [-0.2, -0.15) is 12.6 Å². The molecule has 0 N–H and O–H groups in total. The monoisotopic (exact) mass is 202 g/mol. The van der Waals surface area contributed by atoms with Crippen molar-refractivity contribution >= 4 is 24.2 Å². The molecule has 0 aromatic heterocycles.